The Bertz CT molecular complexity index is 519. The molecule has 0 radical (unpaired) electrons. The van der Waals surface area contributed by atoms with E-state index in [2.05, 4.69) is 5.10 Å². The van der Waals surface area contributed by atoms with Crippen LogP contribution < -0.4 is 5.11 Å². The molecular formula is C10H8F3N2O3-. The third-order valence-corrected chi connectivity index (χ3v) is 2.67. The average molecular weight is 261 g/mol. The molecular weight excluding hydrogens is 253 g/mol. The predicted molar refractivity (Wildman–Crippen MR) is 49.9 cm³/mol. The van der Waals surface area contributed by atoms with E-state index in [1.54, 1.807) is 0 Å². The molecule has 1 aliphatic rings. The summed E-state index contributed by atoms with van der Waals surface area (Å²) in [4.78, 5) is 22.4. The number of aromatic nitrogens is 2. The van der Waals surface area contributed by atoms with Gasteiger partial charge in [-0.05, 0) is 12.8 Å². The van der Waals surface area contributed by atoms with Crippen LogP contribution in [0.15, 0.2) is 0 Å². The molecule has 0 saturated carbocycles. The average Bonchev–Trinajstić information content (AvgIpc) is 2.56. The minimum atomic E-state index is -4.57. The van der Waals surface area contributed by atoms with Crippen molar-refractivity contribution < 1.29 is 27.9 Å². The summed E-state index contributed by atoms with van der Waals surface area (Å²) in [5.74, 6) is -2.18. The summed E-state index contributed by atoms with van der Waals surface area (Å²) in [5.41, 5.74) is -0.768. The Labute approximate surface area is 99.2 Å². The molecule has 0 bridgehead atoms. The Morgan fingerprint density at radius 3 is 2.61 bits per heavy atom. The lowest BCUT2D eigenvalue weighted by Gasteiger charge is -2.14. The fourth-order valence-corrected chi connectivity index (χ4v) is 2.04. The molecule has 0 saturated heterocycles. The van der Waals surface area contributed by atoms with Gasteiger partial charge < -0.3 is 9.90 Å². The lowest BCUT2D eigenvalue weighted by Crippen LogP contribution is -2.25. The van der Waals surface area contributed by atoms with Crippen molar-refractivity contribution in [1.82, 2.24) is 9.78 Å². The molecule has 1 aromatic heterocycles. The SMILES string of the molecule is O=C([O-])c1nn(CC(F)(F)F)c2c1CCCC2=O. The highest BCUT2D eigenvalue weighted by Crippen LogP contribution is 2.27. The molecule has 1 aliphatic carbocycles. The standard InChI is InChI=1S/C10H9F3N2O3/c11-10(12,13)4-15-8-5(2-1-3-6(8)16)7(14-15)9(17)18/h1-4H2,(H,17,18)/p-1. The van der Waals surface area contributed by atoms with Gasteiger partial charge in [-0.3, -0.25) is 9.48 Å². The van der Waals surface area contributed by atoms with Crippen molar-refractivity contribution in [3.63, 3.8) is 0 Å². The van der Waals surface area contributed by atoms with Crippen LogP contribution in [-0.2, 0) is 13.0 Å². The number of hydrogen-bond acceptors (Lipinski definition) is 4. The van der Waals surface area contributed by atoms with Gasteiger partial charge in [-0.1, -0.05) is 0 Å². The van der Waals surface area contributed by atoms with Crippen LogP contribution in [0.3, 0.4) is 0 Å². The molecule has 98 valence electrons. The van der Waals surface area contributed by atoms with Crippen LogP contribution in [0.5, 0.6) is 0 Å². The van der Waals surface area contributed by atoms with Crippen LogP contribution in [-0.4, -0.2) is 27.7 Å². The van der Waals surface area contributed by atoms with Crippen LogP contribution in [0.2, 0.25) is 0 Å². The largest absolute Gasteiger partial charge is 0.543 e. The number of Topliss-reactive ketones (excluding diaryl/α,β-unsaturated/α-hetero) is 1. The van der Waals surface area contributed by atoms with E-state index < -0.39 is 30.2 Å². The summed E-state index contributed by atoms with van der Waals surface area (Å²) in [7, 11) is 0. The molecule has 18 heavy (non-hydrogen) atoms. The third kappa shape index (κ3) is 2.22. The Balaban J connectivity index is 2.53. The van der Waals surface area contributed by atoms with E-state index in [4.69, 9.17) is 0 Å². The minimum absolute atomic E-state index is 0.0514. The first-order chi connectivity index (χ1) is 8.29. The number of carbonyl (C=O) groups excluding carboxylic acids is 2. The summed E-state index contributed by atoms with van der Waals surface area (Å²) >= 11 is 0. The zero-order valence-electron chi connectivity index (χ0n) is 9.08. The number of halogens is 3. The second kappa shape index (κ2) is 4.11. The van der Waals surface area contributed by atoms with E-state index in [0.717, 1.165) is 0 Å². The molecule has 0 N–H and O–H groups in total. The molecule has 0 amide bonds. The molecule has 0 spiro atoms. The maximum Gasteiger partial charge on any atom is 0.408 e. The van der Waals surface area contributed by atoms with E-state index in [9.17, 15) is 27.9 Å². The molecule has 0 fully saturated rings. The number of hydrogen-bond donors (Lipinski definition) is 0. The Hall–Kier alpha value is -1.86. The Kier molecular flexibility index (Phi) is 2.88. The van der Waals surface area contributed by atoms with Gasteiger partial charge in [-0.2, -0.15) is 18.3 Å². The van der Waals surface area contributed by atoms with Crippen LogP contribution in [0.1, 0.15) is 39.4 Å². The summed E-state index contributed by atoms with van der Waals surface area (Å²) in [6, 6.07) is 0. The summed E-state index contributed by atoms with van der Waals surface area (Å²) < 4.78 is 37.4. The molecule has 0 atom stereocenters. The quantitative estimate of drug-likeness (QED) is 0.768. The van der Waals surface area contributed by atoms with Crippen molar-refractivity contribution >= 4 is 11.8 Å². The Morgan fingerprint density at radius 1 is 1.39 bits per heavy atom. The van der Waals surface area contributed by atoms with Crippen molar-refractivity contribution in [3.05, 3.63) is 17.0 Å². The third-order valence-electron chi connectivity index (χ3n) is 2.67. The van der Waals surface area contributed by atoms with Crippen LogP contribution in [0.4, 0.5) is 13.2 Å². The maximum absolute atomic E-state index is 12.3. The van der Waals surface area contributed by atoms with Gasteiger partial charge in [-0.15, -0.1) is 0 Å². The second-order valence-electron chi connectivity index (χ2n) is 4.01. The summed E-state index contributed by atoms with van der Waals surface area (Å²) in [6.07, 6.45) is -3.84. The molecule has 8 heteroatoms. The first-order valence-corrected chi connectivity index (χ1v) is 5.20. The fraction of sp³-hybridized carbons (Fsp3) is 0.500. The van der Waals surface area contributed by atoms with Gasteiger partial charge in [0.1, 0.15) is 17.9 Å². The molecule has 1 heterocycles. The highest BCUT2D eigenvalue weighted by atomic mass is 19.4. The van der Waals surface area contributed by atoms with Crippen molar-refractivity contribution in [2.75, 3.05) is 0 Å². The Morgan fingerprint density at radius 2 is 2.06 bits per heavy atom. The molecule has 0 unspecified atom stereocenters. The van der Waals surface area contributed by atoms with Gasteiger partial charge in [0.25, 0.3) is 0 Å². The lowest BCUT2D eigenvalue weighted by molar-refractivity contribution is -0.255. The topological polar surface area (TPSA) is 75.0 Å². The molecule has 1 aromatic rings. The number of aromatic carboxylic acids is 1. The molecule has 2 rings (SSSR count). The number of alkyl halides is 3. The van der Waals surface area contributed by atoms with Crippen molar-refractivity contribution in [1.29, 1.82) is 0 Å². The van der Waals surface area contributed by atoms with Crippen molar-refractivity contribution in [2.24, 2.45) is 0 Å². The number of fused-ring (bicyclic) bond motifs is 1. The second-order valence-corrected chi connectivity index (χ2v) is 4.01. The number of carbonyl (C=O) groups is 2. The first kappa shape index (κ1) is 12.6. The molecule has 0 aromatic carbocycles. The number of carboxylic acid groups (broad SMARTS) is 1. The van der Waals surface area contributed by atoms with E-state index in [-0.39, 0.29) is 24.1 Å². The van der Waals surface area contributed by atoms with Gasteiger partial charge in [0.05, 0.1) is 5.97 Å². The van der Waals surface area contributed by atoms with E-state index >= 15 is 0 Å². The summed E-state index contributed by atoms with van der Waals surface area (Å²) in [6.45, 7) is -1.48. The van der Waals surface area contributed by atoms with Gasteiger partial charge in [0, 0.05) is 12.0 Å². The number of rotatable bonds is 2. The number of ketones is 1. The zero-order chi connectivity index (χ0) is 13.5. The van der Waals surface area contributed by atoms with Crippen molar-refractivity contribution in [3.8, 4) is 0 Å². The van der Waals surface area contributed by atoms with Gasteiger partial charge in [0.15, 0.2) is 5.78 Å². The van der Waals surface area contributed by atoms with Crippen LogP contribution in [0, 0.1) is 0 Å². The number of nitrogens with zero attached hydrogens (tertiary/aromatic N) is 2. The normalized spacial score (nSPS) is 15.6. The zero-order valence-corrected chi connectivity index (χ0v) is 9.08. The van der Waals surface area contributed by atoms with Gasteiger partial charge >= 0.3 is 6.18 Å². The van der Waals surface area contributed by atoms with Gasteiger partial charge in [0.2, 0.25) is 0 Å². The fourth-order valence-electron chi connectivity index (χ4n) is 2.04. The lowest BCUT2D eigenvalue weighted by atomic mass is 9.94. The maximum atomic E-state index is 12.3. The monoisotopic (exact) mass is 261 g/mol. The predicted octanol–water partition coefficient (Wildman–Crippen LogP) is 0.328. The first-order valence-electron chi connectivity index (χ1n) is 5.20. The highest BCUT2D eigenvalue weighted by Gasteiger charge is 2.34. The van der Waals surface area contributed by atoms with Crippen molar-refractivity contribution in [2.45, 2.75) is 32.0 Å². The van der Waals surface area contributed by atoms with Crippen LogP contribution in [0.25, 0.3) is 0 Å². The molecule has 5 nitrogen and oxygen atoms in total. The van der Waals surface area contributed by atoms with E-state index in [1.807, 2.05) is 0 Å². The van der Waals surface area contributed by atoms with E-state index in [1.165, 1.54) is 0 Å². The summed E-state index contributed by atoms with van der Waals surface area (Å²) in [5, 5.41) is 14.1. The van der Waals surface area contributed by atoms with Gasteiger partial charge in [-0.25, -0.2) is 0 Å². The smallest absolute Gasteiger partial charge is 0.408 e. The number of carboxylic acids is 1. The van der Waals surface area contributed by atoms with Crippen LogP contribution >= 0.6 is 0 Å². The highest BCUT2D eigenvalue weighted by molar-refractivity contribution is 6.00. The molecule has 0 aliphatic heterocycles. The minimum Gasteiger partial charge on any atom is -0.543 e. The van der Waals surface area contributed by atoms with E-state index in [0.29, 0.717) is 11.1 Å².